The van der Waals surface area contributed by atoms with Crippen LogP contribution < -0.4 is 10.1 Å². The maximum Gasteiger partial charge on any atom is 0.237 e. The maximum absolute atomic E-state index is 5.83. The molecule has 1 saturated carbocycles. The molecule has 1 aliphatic carbocycles. The summed E-state index contributed by atoms with van der Waals surface area (Å²) >= 11 is 0. The van der Waals surface area contributed by atoms with E-state index in [1.165, 1.54) is 0 Å². The fourth-order valence-corrected chi connectivity index (χ4v) is 2.13. The summed E-state index contributed by atoms with van der Waals surface area (Å²) in [4.78, 5) is 4.05. The Morgan fingerprint density at radius 3 is 3.18 bits per heavy atom. The average Bonchev–Trinajstić information content (AvgIpc) is 2.75. The van der Waals surface area contributed by atoms with Gasteiger partial charge in [-0.15, -0.1) is 5.10 Å². The molecule has 0 aromatic carbocycles. The number of nitrogens with one attached hydrogen (secondary N) is 1. The third kappa shape index (κ3) is 1.93. The highest BCUT2D eigenvalue weighted by Crippen LogP contribution is 2.30. The van der Waals surface area contributed by atoms with E-state index in [0.29, 0.717) is 17.4 Å². The molecule has 1 fully saturated rings. The Labute approximate surface area is 98.2 Å². The number of tetrazole rings is 1. The molecule has 0 saturated heterocycles. The Morgan fingerprint density at radius 2 is 2.35 bits per heavy atom. The van der Waals surface area contributed by atoms with Crippen molar-refractivity contribution in [1.29, 1.82) is 0 Å². The summed E-state index contributed by atoms with van der Waals surface area (Å²) in [5, 5.41) is 14.5. The van der Waals surface area contributed by atoms with Crippen LogP contribution in [0.4, 0.5) is 0 Å². The van der Waals surface area contributed by atoms with Gasteiger partial charge in [-0.2, -0.15) is 4.52 Å². The van der Waals surface area contributed by atoms with E-state index in [1.54, 1.807) is 16.9 Å². The van der Waals surface area contributed by atoms with E-state index >= 15 is 0 Å². The van der Waals surface area contributed by atoms with Crippen LogP contribution in [0.2, 0.25) is 0 Å². The van der Waals surface area contributed by atoms with Gasteiger partial charge in [0.25, 0.3) is 0 Å². The van der Waals surface area contributed by atoms with Crippen molar-refractivity contribution in [2.45, 2.75) is 18.9 Å². The van der Waals surface area contributed by atoms with Gasteiger partial charge < -0.3 is 10.1 Å². The Hall–Kier alpha value is -1.76. The van der Waals surface area contributed by atoms with Gasteiger partial charge in [-0.1, -0.05) is 0 Å². The number of hydrogen-bond acceptors (Lipinski definition) is 6. The second-order valence-corrected chi connectivity index (χ2v) is 4.33. The number of ether oxygens (including phenoxy) is 1. The molecule has 2 heterocycles. The SMILES string of the molecule is CNCC1CC(Oc2cncc3nnnn23)C1. The molecule has 17 heavy (non-hydrogen) atoms. The number of fused-ring (bicyclic) bond motifs is 1. The van der Waals surface area contributed by atoms with E-state index in [-0.39, 0.29) is 6.10 Å². The van der Waals surface area contributed by atoms with Crippen molar-refractivity contribution in [2.75, 3.05) is 13.6 Å². The van der Waals surface area contributed by atoms with Crippen LogP contribution in [0.15, 0.2) is 12.4 Å². The molecular weight excluding hydrogens is 220 g/mol. The van der Waals surface area contributed by atoms with Gasteiger partial charge in [0.2, 0.25) is 11.5 Å². The Morgan fingerprint density at radius 1 is 1.47 bits per heavy atom. The zero-order chi connectivity index (χ0) is 11.7. The molecule has 0 spiro atoms. The first-order chi connectivity index (χ1) is 8.36. The highest BCUT2D eigenvalue weighted by molar-refractivity contribution is 5.34. The van der Waals surface area contributed by atoms with Crippen LogP contribution in [0.25, 0.3) is 5.65 Å². The fraction of sp³-hybridized carbons (Fsp3) is 0.600. The van der Waals surface area contributed by atoms with Crippen molar-refractivity contribution in [3.05, 3.63) is 12.4 Å². The second-order valence-electron chi connectivity index (χ2n) is 4.33. The average molecular weight is 234 g/mol. The first kappa shape index (κ1) is 10.4. The molecule has 0 bridgehead atoms. The van der Waals surface area contributed by atoms with Crippen LogP contribution in [0.1, 0.15) is 12.8 Å². The molecule has 2 aromatic heterocycles. The molecule has 0 aliphatic heterocycles. The summed E-state index contributed by atoms with van der Waals surface area (Å²) < 4.78 is 7.40. The van der Waals surface area contributed by atoms with Crippen LogP contribution in [0.3, 0.4) is 0 Å². The number of nitrogens with zero attached hydrogens (tertiary/aromatic N) is 5. The first-order valence-electron chi connectivity index (χ1n) is 5.70. The second kappa shape index (κ2) is 4.25. The van der Waals surface area contributed by atoms with Gasteiger partial charge in [0.15, 0.2) is 0 Å². The maximum atomic E-state index is 5.83. The van der Waals surface area contributed by atoms with E-state index in [1.807, 2.05) is 7.05 Å². The highest BCUT2D eigenvalue weighted by atomic mass is 16.5. The molecule has 0 radical (unpaired) electrons. The van der Waals surface area contributed by atoms with E-state index in [2.05, 4.69) is 25.8 Å². The minimum Gasteiger partial charge on any atom is -0.473 e. The molecule has 0 unspecified atom stereocenters. The molecule has 0 amide bonds. The molecule has 7 heteroatoms. The van der Waals surface area contributed by atoms with Gasteiger partial charge in [-0.3, -0.25) is 4.98 Å². The third-order valence-electron chi connectivity index (χ3n) is 3.05. The van der Waals surface area contributed by atoms with Crippen molar-refractivity contribution in [2.24, 2.45) is 5.92 Å². The lowest BCUT2D eigenvalue weighted by Gasteiger charge is -2.34. The highest BCUT2D eigenvalue weighted by Gasteiger charge is 2.30. The minimum absolute atomic E-state index is 0.255. The lowest BCUT2D eigenvalue weighted by Crippen LogP contribution is -2.39. The van der Waals surface area contributed by atoms with Gasteiger partial charge in [0.05, 0.1) is 12.4 Å². The zero-order valence-corrected chi connectivity index (χ0v) is 9.58. The lowest BCUT2D eigenvalue weighted by atomic mass is 9.82. The molecule has 3 rings (SSSR count). The van der Waals surface area contributed by atoms with Crippen molar-refractivity contribution in [3.63, 3.8) is 0 Å². The van der Waals surface area contributed by atoms with Gasteiger partial charge in [0.1, 0.15) is 6.10 Å². The zero-order valence-electron chi connectivity index (χ0n) is 9.58. The number of rotatable bonds is 4. The summed E-state index contributed by atoms with van der Waals surface area (Å²) in [7, 11) is 1.97. The monoisotopic (exact) mass is 234 g/mol. The minimum atomic E-state index is 0.255. The van der Waals surface area contributed by atoms with Gasteiger partial charge >= 0.3 is 0 Å². The Balaban J connectivity index is 1.68. The lowest BCUT2D eigenvalue weighted by molar-refractivity contribution is 0.0591. The van der Waals surface area contributed by atoms with Crippen LogP contribution >= 0.6 is 0 Å². The smallest absolute Gasteiger partial charge is 0.237 e. The summed E-state index contributed by atoms with van der Waals surface area (Å²) in [5.74, 6) is 1.33. The van der Waals surface area contributed by atoms with Crippen LogP contribution in [0, 0.1) is 5.92 Å². The largest absolute Gasteiger partial charge is 0.473 e. The third-order valence-corrected chi connectivity index (χ3v) is 3.05. The molecule has 7 nitrogen and oxygen atoms in total. The van der Waals surface area contributed by atoms with Crippen LogP contribution in [-0.4, -0.2) is 44.7 Å². The molecule has 1 aliphatic rings. The Bertz CT molecular complexity index is 506. The predicted octanol–water partition coefficient (Wildman–Crippen LogP) is -0.104. The number of aromatic nitrogens is 5. The van der Waals surface area contributed by atoms with E-state index in [9.17, 15) is 0 Å². The van der Waals surface area contributed by atoms with Crippen LogP contribution in [0.5, 0.6) is 5.88 Å². The molecule has 0 atom stereocenters. The standard InChI is InChI=1S/C10H14N6O/c1-11-4-7-2-8(3-7)17-10-6-12-5-9-13-14-15-16(9)10/h5-8,11H,2-4H2,1H3. The summed E-state index contributed by atoms with van der Waals surface area (Å²) in [5.41, 5.74) is 0.605. The first-order valence-corrected chi connectivity index (χ1v) is 5.70. The summed E-state index contributed by atoms with van der Waals surface area (Å²) in [6, 6.07) is 0. The summed E-state index contributed by atoms with van der Waals surface area (Å²) in [6.45, 7) is 1.05. The van der Waals surface area contributed by atoms with Crippen molar-refractivity contribution in [3.8, 4) is 5.88 Å². The van der Waals surface area contributed by atoms with Crippen molar-refractivity contribution < 1.29 is 4.74 Å². The molecular formula is C10H14N6O. The van der Waals surface area contributed by atoms with Crippen molar-refractivity contribution >= 4 is 5.65 Å². The Kier molecular flexibility index (Phi) is 2.60. The fourth-order valence-electron chi connectivity index (χ4n) is 2.13. The summed E-state index contributed by atoms with van der Waals surface area (Å²) in [6.07, 6.45) is 5.65. The van der Waals surface area contributed by atoms with E-state index < -0.39 is 0 Å². The molecule has 90 valence electrons. The van der Waals surface area contributed by atoms with Crippen molar-refractivity contribution in [1.82, 2.24) is 30.3 Å². The topological polar surface area (TPSA) is 77.2 Å². The van der Waals surface area contributed by atoms with Crippen LogP contribution in [-0.2, 0) is 0 Å². The van der Waals surface area contributed by atoms with Gasteiger partial charge in [0, 0.05) is 0 Å². The molecule has 2 aromatic rings. The quantitative estimate of drug-likeness (QED) is 0.795. The number of hydrogen-bond donors (Lipinski definition) is 1. The van der Waals surface area contributed by atoms with E-state index in [0.717, 1.165) is 19.4 Å². The van der Waals surface area contributed by atoms with Gasteiger partial charge in [-0.25, -0.2) is 0 Å². The molecule has 1 N–H and O–H groups in total. The predicted molar refractivity (Wildman–Crippen MR) is 59.6 cm³/mol. The van der Waals surface area contributed by atoms with Gasteiger partial charge in [-0.05, 0) is 42.8 Å². The van der Waals surface area contributed by atoms with E-state index in [4.69, 9.17) is 4.74 Å². The normalized spacial score (nSPS) is 23.6.